The highest BCUT2D eigenvalue weighted by molar-refractivity contribution is 7.92. The molecule has 3 rings (SSSR count). The van der Waals surface area contributed by atoms with E-state index in [0.717, 1.165) is 11.1 Å². The first kappa shape index (κ1) is 20.6. The number of aromatic nitrogens is 1. The maximum absolute atomic E-state index is 12.8. The Hall–Kier alpha value is -3.13. The Morgan fingerprint density at radius 3 is 2.21 bits per heavy atom. The van der Waals surface area contributed by atoms with Crippen LogP contribution in [-0.4, -0.2) is 26.6 Å². The van der Waals surface area contributed by atoms with E-state index in [-0.39, 0.29) is 11.5 Å². The Balaban J connectivity index is 1.72. The molecule has 0 saturated carbocycles. The Morgan fingerprint density at radius 1 is 1.03 bits per heavy atom. The second kappa shape index (κ2) is 8.08. The molecule has 2 aromatic carbocycles. The fourth-order valence-corrected chi connectivity index (χ4v) is 3.94. The molecular formula is C21H22N2O5S. The maximum Gasteiger partial charge on any atom is 0.338 e. The summed E-state index contributed by atoms with van der Waals surface area (Å²) in [7, 11) is -2.22. The Kier molecular flexibility index (Phi) is 5.74. The number of ether oxygens (including phenoxy) is 1. The molecule has 0 amide bonds. The number of benzene rings is 2. The minimum atomic E-state index is -3.69. The fraction of sp³-hybridized carbons (Fsp3) is 0.238. The molecule has 0 bridgehead atoms. The van der Waals surface area contributed by atoms with E-state index in [0.29, 0.717) is 22.7 Å². The van der Waals surface area contributed by atoms with Crippen molar-refractivity contribution in [3.8, 4) is 0 Å². The van der Waals surface area contributed by atoms with Crippen molar-refractivity contribution in [3.63, 3.8) is 0 Å². The lowest BCUT2D eigenvalue weighted by Crippen LogP contribution is -2.26. The van der Waals surface area contributed by atoms with Gasteiger partial charge in [-0.3, -0.25) is 4.31 Å². The van der Waals surface area contributed by atoms with Crippen LogP contribution in [0.3, 0.4) is 0 Å². The van der Waals surface area contributed by atoms with Gasteiger partial charge in [0, 0.05) is 7.05 Å². The van der Waals surface area contributed by atoms with Gasteiger partial charge in [0.05, 0.1) is 27.4 Å². The third-order valence-corrected chi connectivity index (χ3v) is 6.47. The molecule has 0 saturated heterocycles. The maximum atomic E-state index is 12.8. The SMILES string of the molecule is Cc1ccc(S(=O)(=O)N(C)c2ccc(C(=O)OCc3c(C)noc3C)cc2)cc1. The van der Waals surface area contributed by atoms with E-state index in [9.17, 15) is 13.2 Å². The van der Waals surface area contributed by atoms with Crippen molar-refractivity contribution in [1.29, 1.82) is 0 Å². The standard InChI is InChI=1S/C21H22N2O5S/c1-14-5-11-19(12-6-14)29(25,26)23(4)18-9-7-17(8-10-18)21(24)27-13-20-15(2)22-28-16(20)3/h5-12H,13H2,1-4H3. The van der Waals surface area contributed by atoms with Crippen molar-refractivity contribution in [3.05, 3.63) is 76.7 Å². The smallest absolute Gasteiger partial charge is 0.338 e. The summed E-state index contributed by atoms with van der Waals surface area (Å²) in [5.74, 6) is 0.0918. The third kappa shape index (κ3) is 4.32. The molecule has 0 radical (unpaired) electrons. The van der Waals surface area contributed by atoms with Crippen molar-refractivity contribution in [2.24, 2.45) is 0 Å². The summed E-state index contributed by atoms with van der Waals surface area (Å²) in [6.45, 7) is 5.48. The predicted octanol–water partition coefficient (Wildman–Crippen LogP) is 3.78. The zero-order valence-corrected chi connectivity index (χ0v) is 17.5. The average Bonchev–Trinajstić information content (AvgIpc) is 3.03. The van der Waals surface area contributed by atoms with Gasteiger partial charge in [-0.05, 0) is 57.2 Å². The molecule has 8 heteroatoms. The van der Waals surface area contributed by atoms with Gasteiger partial charge in [0.2, 0.25) is 0 Å². The monoisotopic (exact) mass is 414 g/mol. The van der Waals surface area contributed by atoms with E-state index in [1.807, 2.05) is 6.92 Å². The molecule has 0 spiro atoms. The number of carbonyl (C=O) groups is 1. The van der Waals surface area contributed by atoms with Gasteiger partial charge in [0.25, 0.3) is 10.0 Å². The lowest BCUT2D eigenvalue weighted by atomic mass is 10.2. The molecular weight excluding hydrogens is 392 g/mol. The van der Waals surface area contributed by atoms with Gasteiger partial charge in [0.15, 0.2) is 0 Å². The molecule has 7 nitrogen and oxygen atoms in total. The van der Waals surface area contributed by atoms with Crippen molar-refractivity contribution in [2.45, 2.75) is 32.3 Å². The van der Waals surface area contributed by atoms with E-state index >= 15 is 0 Å². The summed E-state index contributed by atoms with van der Waals surface area (Å²) < 4.78 is 37.1. The number of hydrogen-bond donors (Lipinski definition) is 0. The van der Waals surface area contributed by atoms with Gasteiger partial charge in [-0.1, -0.05) is 22.9 Å². The molecule has 3 aromatic rings. The minimum absolute atomic E-state index is 0.0590. The van der Waals surface area contributed by atoms with E-state index in [4.69, 9.17) is 9.26 Å². The molecule has 0 atom stereocenters. The highest BCUT2D eigenvalue weighted by atomic mass is 32.2. The lowest BCUT2D eigenvalue weighted by Gasteiger charge is -2.19. The van der Waals surface area contributed by atoms with Crippen LogP contribution in [0.2, 0.25) is 0 Å². The zero-order valence-electron chi connectivity index (χ0n) is 16.7. The van der Waals surface area contributed by atoms with Crippen LogP contribution in [0, 0.1) is 20.8 Å². The molecule has 0 fully saturated rings. The van der Waals surface area contributed by atoms with Gasteiger partial charge in [-0.15, -0.1) is 0 Å². The van der Waals surface area contributed by atoms with Crippen LogP contribution in [0.5, 0.6) is 0 Å². The summed E-state index contributed by atoms with van der Waals surface area (Å²) >= 11 is 0. The number of nitrogens with zero attached hydrogens (tertiary/aromatic N) is 2. The molecule has 0 unspecified atom stereocenters. The van der Waals surface area contributed by atoms with Crippen molar-refractivity contribution in [1.82, 2.24) is 5.16 Å². The van der Waals surface area contributed by atoms with Gasteiger partial charge in [0.1, 0.15) is 12.4 Å². The van der Waals surface area contributed by atoms with Crippen molar-refractivity contribution >= 4 is 21.7 Å². The van der Waals surface area contributed by atoms with Crippen LogP contribution in [0.1, 0.15) is 32.9 Å². The lowest BCUT2D eigenvalue weighted by molar-refractivity contribution is 0.0471. The summed E-state index contributed by atoms with van der Waals surface area (Å²) in [4.78, 5) is 12.5. The Labute approximate surface area is 169 Å². The molecule has 1 aromatic heterocycles. The summed E-state index contributed by atoms with van der Waals surface area (Å²) in [6.07, 6.45) is 0. The van der Waals surface area contributed by atoms with Crippen molar-refractivity contribution in [2.75, 3.05) is 11.4 Å². The van der Waals surface area contributed by atoms with Crippen LogP contribution < -0.4 is 4.31 Å². The summed E-state index contributed by atoms with van der Waals surface area (Å²) in [6, 6.07) is 12.8. The van der Waals surface area contributed by atoms with E-state index < -0.39 is 16.0 Å². The van der Waals surface area contributed by atoms with Gasteiger partial charge in [-0.2, -0.15) is 0 Å². The van der Waals surface area contributed by atoms with Crippen LogP contribution in [-0.2, 0) is 21.4 Å². The quantitative estimate of drug-likeness (QED) is 0.570. The number of hydrogen-bond acceptors (Lipinski definition) is 6. The topological polar surface area (TPSA) is 89.7 Å². The fourth-order valence-electron chi connectivity index (χ4n) is 2.74. The van der Waals surface area contributed by atoms with E-state index in [2.05, 4.69) is 5.16 Å². The third-order valence-electron chi connectivity index (χ3n) is 4.67. The van der Waals surface area contributed by atoms with Crippen LogP contribution in [0.4, 0.5) is 5.69 Å². The minimum Gasteiger partial charge on any atom is -0.457 e. The largest absolute Gasteiger partial charge is 0.457 e. The van der Waals surface area contributed by atoms with E-state index in [1.54, 1.807) is 50.2 Å². The first-order chi connectivity index (χ1) is 13.7. The summed E-state index contributed by atoms with van der Waals surface area (Å²) in [5, 5.41) is 3.82. The van der Waals surface area contributed by atoms with Gasteiger partial charge >= 0.3 is 5.97 Å². The number of carbonyl (C=O) groups excluding carboxylic acids is 1. The number of rotatable bonds is 6. The molecule has 0 aliphatic carbocycles. The molecule has 0 N–H and O–H groups in total. The highest BCUT2D eigenvalue weighted by Crippen LogP contribution is 2.23. The highest BCUT2D eigenvalue weighted by Gasteiger charge is 2.21. The van der Waals surface area contributed by atoms with E-state index in [1.165, 1.54) is 23.5 Å². The second-order valence-corrected chi connectivity index (χ2v) is 8.68. The van der Waals surface area contributed by atoms with Crippen LogP contribution >= 0.6 is 0 Å². The van der Waals surface area contributed by atoms with Crippen LogP contribution in [0.25, 0.3) is 0 Å². The van der Waals surface area contributed by atoms with Gasteiger partial charge < -0.3 is 9.26 Å². The summed E-state index contributed by atoms with van der Waals surface area (Å²) in [5.41, 5.74) is 3.15. The predicted molar refractivity (Wildman–Crippen MR) is 108 cm³/mol. The molecule has 29 heavy (non-hydrogen) atoms. The van der Waals surface area contributed by atoms with Gasteiger partial charge in [-0.25, -0.2) is 13.2 Å². The molecule has 152 valence electrons. The first-order valence-corrected chi connectivity index (χ1v) is 10.4. The molecule has 0 aliphatic rings. The number of anilines is 1. The normalized spacial score (nSPS) is 11.3. The zero-order chi connectivity index (χ0) is 21.2. The first-order valence-electron chi connectivity index (χ1n) is 8.94. The Morgan fingerprint density at radius 2 is 1.66 bits per heavy atom. The van der Waals surface area contributed by atoms with Crippen LogP contribution in [0.15, 0.2) is 57.9 Å². The average molecular weight is 414 g/mol. The number of sulfonamides is 1. The number of esters is 1. The van der Waals surface area contributed by atoms with Crippen molar-refractivity contribution < 1.29 is 22.5 Å². The second-order valence-electron chi connectivity index (χ2n) is 6.71. The molecule has 0 aliphatic heterocycles. The Bertz CT molecular complexity index is 1100. The molecule has 1 heterocycles. The number of aryl methyl sites for hydroxylation is 3.